The standard InChI is InChI=1S/C25H33F3N2/c1-18(2)21-8-6-7-9-22(21)23-17-29(14-15-30(23)24(3,4)5)16-19-10-12-20(13-11-19)25(26,27)28/h6-13,18,23H,14-17H2,1-5H3. The van der Waals surface area contributed by atoms with Gasteiger partial charge >= 0.3 is 6.18 Å². The van der Waals surface area contributed by atoms with Crippen LogP contribution < -0.4 is 0 Å². The molecule has 1 unspecified atom stereocenters. The molecule has 0 N–H and O–H groups in total. The molecule has 0 radical (unpaired) electrons. The number of nitrogens with zero attached hydrogens (tertiary/aromatic N) is 2. The van der Waals surface area contributed by atoms with Gasteiger partial charge in [-0.2, -0.15) is 13.2 Å². The lowest BCUT2D eigenvalue weighted by atomic mass is 9.88. The number of hydrogen-bond acceptors (Lipinski definition) is 2. The highest BCUT2D eigenvalue weighted by molar-refractivity contribution is 5.33. The predicted molar refractivity (Wildman–Crippen MR) is 116 cm³/mol. The van der Waals surface area contributed by atoms with Gasteiger partial charge in [-0.3, -0.25) is 9.80 Å². The van der Waals surface area contributed by atoms with Gasteiger partial charge in [-0.1, -0.05) is 50.2 Å². The van der Waals surface area contributed by atoms with Crippen molar-refractivity contribution in [1.29, 1.82) is 0 Å². The van der Waals surface area contributed by atoms with Crippen molar-refractivity contribution in [3.63, 3.8) is 0 Å². The summed E-state index contributed by atoms with van der Waals surface area (Å²) in [4.78, 5) is 4.93. The van der Waals surface area contributed by atoms with Gasteiger partial charge in [0.15, 0.2) is 0 Å². The number of halogens is 3. The summed E-state index contributed by atoms with van der Waals surface area (Å²) in [5, 5.41) is 0. The summed E-state index contributed by atoms with van der Waals surface area (Å²) in [6.45, 7) is 14.6. The van der Waals surface area contributed by atoms with Gasteiger partial charge < -0.3 is 0 Å². The van der Waals surface area contributed by atoms with Crippen LogP contribution in [0.25, 0.3) is 0 Å². The number of hydrogen-bond donors (Lipinski definition) is 0. The van der Waals surface area contributed by atoms with E-state index in [1.165, 1.54) is 23.3 Å². The lowest BCUT2D eigenvalue weighted by Gasteiger charge is -2.49. The van der Waals surface area contributed by atoms with Crippen LogP contribution in [-0.4, -0.2) is 35.0 Å². The number of piperazine rings is 1. The van der Waals surface area contributed by atoms with Crippen LogP contribution >= 0.6 is 0 Å². The third kappa shape index (κ3) is 5.25. The monoisotopic (exact) mass is 418 g/mol. The average molecular weight is 419 g/mol. The second kappa shape index (κ2) is 8.72. The molecule has 1 heterocycles. The highest BCUT2D eigenvalue weighted by Gasteiger charge is 2.36. The van der Waals surface area contributed by atoms with Crippen LogP contribution in [0.4, 0.5) is 13.2 Å². The highest BCUT2D eigenvalue weighted by Crippen LogP contribution is 2.36. The zero-order chi connectivity index (χ0) is 22.1. The van der Waals surface area contributed by atoms with E-state index in [1.54, 1.807) is 12.1 Å². The van der Waals surface area contributed by atoms with E-state index in [4.69, 9.17) is 0 Å². The van der Waals surface area contributed by atoms with E-state index in [0.29, 0.717) is 12.5 Å². The highest BCUT2D eigenvalue weighted by atomic mass is 19.4. The normalized spacial score (nSPS) is 19.4. The lowest BCUT2D eigenvalue weighted by molar-refractivity contribution is -0.137. The Morgan fingerprint density at radius 1 is 0.933 bits per heavy atom. The van der Waals surface area contributed by atoms with E-state index in [-0.39, 0.29) is 11.6 Å². The van der Waals surface area contributed by atoms with Gasteiger partial charge in [0.1, 0.15) is 0 Å². The molecule has 2 nitrogen and oxygen atoms in total. The first kappa shape index (κ1) is 22.8. The molecule has 2 aromatic rings. The maximum absolute atomic E-state index is 12.9. The fourth-order valence-electron chi connectivity index (χ4n) is 4.45. The molecule has 1 saturated heterocycles. The summed E-state index contributed by atoms with van der Waals surface area (Å²) in [6, 6.07) is 14.5. The molecule has 5 heteroatoms. The van der Waals surface area contributed by atoms with Crippen molar-refractivity contribution in [3.05, 3.63) is 70.8 Å². The zero-order valence-corrected chi connectivity index (χ0v) is 18.6. The molecule has 3 rings (SSSR count). The number of benzene rings is 2. The summed E-state index contributed by atoms with van der Waals surface area (Å²) in [7, 11) is 0. The van der Waals surface area contributed by atoms with Crippen LogP contribution in [0.3, 0.4) is 0 Å². The Bertz CT molecular complexity index is 835. The first-order chi connectivity index (χ1) is 14.0. The second-order valence-electron chi connectivity index (χ2n) is 9.59. The molecule has 1 fully saturated rings. The van der Waals surface area contributed by atoms with E-state index in [0.717, 1.165) is 25.2 Å². The number of alkyl halides is 3. The summed E-state index contributed by atoms with van der Waals surface area (Å²) >= 11 is 0. The average Bonchev–Trinajstić information content (AvgIpc) is 2.67. The molecular formula is C25H33F3N2. The lowest BCUT2D eigenvalue weighted by Crippen LogP contribution is -2.55. The molecule has 1 atom stereocenters. The molecule has 0 bridgehead atoms. The topological polar surface area (TPSA) is 6.48 Å². The maximum Gasteiger partial charge on any atom is 0.416 e. The summed E-state index contributed by atoms with van der Waals surface area (Å²) in [5.41, 5.74) is 3.10. The molecule has 2 aromatic carbocycles. The minimum atomic E-state index is -4.29. The van der Waals surface area contributed by atoms with Crippen molar-refractivity contribution in [2.24, 2.45) is 0 Å². The van der Waals surface area contributed by atoms with Crippen LogP contribution in [0.2, 0.25) is 0 Å². The molecule has 0 aromatic heterocycles. The SMILES string of the molecule is CC(C)c1ccccc1C1CN(Cc2ccc(C(F)(F)F)cc2)CCN1C(C)(C)C. The number of rotatable bonds is 4. The first-order valence-electron chi connectivity index (χ1n) is 10.7. The molecule has 1 aliphatic heterocycles. The first-order valence-corrected chi connectivity index (χ1v) is 10.7. The zero-order valence-electron chi connectivity index (χ0n) is 18.6. The molecule has 0 spiro atoms. The van der Waals surface area contributed by atoms with Gasteiger partial charge in [0.25, 0.3) is 0 Å². The molecule has 164 valence electrons. The van der Waals surface area contributed by atoms with E-state index in [1.807, 2.05) is 0 Å². The van der Waals surface area contributed by atoms with Crippen LogP contribution in [-0.2, 0) is 12.7 Å². The van der Waals surface area contributed by atoms with Crippen LogP contribution in [0, 0.1) is 0 Å². The van der Waals surface area contributed by atoms with Gasteiger partial charge in [-0.05, 0) is 55.5 Å². The third-order valence-electron chi connectivity index (χ3n) is 5.99. The van der Waals surface area contributed by atoms with Gasteiger partial charge in [-0.15, -0.1) is 0 Å². The Labute approximate surface area is 178 Å². The van der Waals surface area contributed by atoms with Gasteiger partial charge in [-0.25, -0.2) is 0 Å². The fraction of sp³-hybridized carbons (Fsp3) is 0.520. The smallest absolute Gasteiger partial charge is 0.296 e. The molecule has 30 heavy (non-hydrogen) atoms. The fourth-order valence-corrected chi connectivity index (χ4v) is 4.45. The molecular weight excluding hydrogens is 385 g/mol. The van der Waals surface area contributed by atoms with E-state index in [9.17, 15) is 13.2 Å². The Kier molecular flexibility index (Phi) is 6.63. The van der Waals surface area contributed by atoms with Crippen molar-refractivity contribution in [2.45, 2.75) is 64.8 Å². The van der Waals surface area contributed by atoms with E-state index in [2.05, 4.69) is 68.7 Å². The Morgan fingerprint density at radius 2 is 1.57 bits per heavy atom. The van der Waals surface area contributed by atoms with Crippen molar-refractivity contribution >= 4 is 0 Å². The minimum Gasteiger partial charge on any atom is -0.296 e. The van der Waals surface area contributed by atoms with Crippen LogP contribution in [0.15, 0.2) is 48.5 Å². The van der Waals surface area contributed by atoms with Gasteiger partial charge in [0, 0.05) is 37.8 Å². The van der Waals surface area contributed by atoms with Crippen molar-refractivity contribution in [2.75, 3.05) is 19.6 Å². The Hall–Kier alpha value is -1.85. The summed E-state index contributed by atoms with van der Waals surface area (Å²) in [5.74, 6) is 0.438. The molecule has 1 aliphatic rings. The molecule has 0 amide bonds. The second-order valence-corrected chi connectivity index (χ2v) is 9.59. The van der Waals surface area contributed by atoms with E-state index < -0.39 is 11.7 Å². The van der Waals surface area contributed by atoms with Crippen LogP contribution in [0.1, 0.15) is 68.8 Å². The largest absolute Gasteiger partial charge is 0.416 e. The quantitative estimate of drug-likeness (QED) is 0.560. The Morgan fingerprint density at radius 3 is 2.13 bits per heavy atom. The van der Waals surface area contributed by atoms with Gasteiger partial charge in [0.05, 0.1) is 5.56 Å². The van der Waals surface area contributed by atoms with Crippen molar-refractivity contribution < 1.29 is 13.2 Å². The van der Waals surface area contributed by atoms with Crippen LogP contribution in [0.5, 0.6) is 0 Å². The summed E-state index contributed by atoms with van der Waals surface area (Å²) in [6.07, 6.45) is -4.29. The maximum atomic E-state index is 12.9. The van der Waals surface area contributed by atoms with Crippen molar-refractivity contribution in [3.8, 4) is 0 Å². The van der Waals surface area contributed by atoms with Gasteiger partial charge in [0.2, 0.25) is 0 Å². The van der Waals surface area contributed by atoms with E-state index >= 15 is 0 Å². The predicted octanol–water partition coefficient (Wildman–Crippen LogP) is 6.49. The summed E-state index contributed by atoms with van der Waals surface area (Å²) < 4.78 is 38.6. The molecule has 0 saturated carbocycles. The minimum absolute atomic E-state index is 0.0369. The molecule has 0 aliphatic carbocycles. The Balaban J connectivity index is 1.84. The third-order valence-corrected chi connectivity index (χ3v) is 5.99. The van der Waals surface area contributed by atoms with Crippen molar-refractivity contribution in [1.82, 2.24) is 9.80 Å².